The van der Waals surface area contributed by atoms with E-state index in [9.17, 15) is 0 Å². The Labute approximate surface area is 286 Å². The molecule has 0 saturated heterocycles. The number of hydrogen-bond acceptors (Lipinski definition) is 5. The summed E-state index contributed by atoms with van der Waals surface area (Å²) in [4.78, 5) is 0. The van der Waals surface area contributed by atoms with E-state index >= 15 is 0 Å². The zero-order valence-electron chi connectivity index (χ0n) is 28.6. The van der Waals surface area contributed by atoms with Gasteiger partial charge in [-0.2, -0.15) is 0 Å². The maximum Gasteiger partial charge on any atom is 0.250 e. The van der Waals surface area contributed by atoms with Gasteiger partial charge in [0.2, 0.25) is 16.6 Å². The van der Waals surface area contributed by atoms with E-state index in [0.717, 1.165) is 61.9 Å². The van der Waals surface area contributed by atoms with E-state index in [1.54, 1.807) is 0 Å². The Hall–Kier alpha value is -2.44. The molecule has 8 heteroatoms. The fraction of sp³-hybridized carbons (Fsp3) is 0.459. The highest BCUT2D eigenvalue weighted by Crippen LogP contribution is 2.53. The topological polar surface area (TPSA) is 46.2 Å². The lowest BCUT2D eigenvalue weighted by Crippen LogP contribution is -2.43. The Morgan fingerprint density at radius 3 is 1.82 bits per heavy atom. The highest BCUT2D eigenvalue weighted by atomic mass is 127. The molecule has 0 spiro atoms. The van der Waals surface area contributed by atoms with Gasteiger partial charge in [0.05, 0.1) is 13.2 Å². The number of ether oxygens (including phenoxy) is 3. The lowest BCUT2D eigenvalue weighted by molar-refractivity contribution is 0.259. The summed E-state index contributed by atoms with van der Waals surface area (Å²) in [7, 11) is -4.04. The summed E-state index contributed by atoms with van der Waals surface area (Å²) in [6, 6.07) is 21.0. The van der Waals surface area contributed by atoms with Gasteiger partial charge in [0.15, 0.2) is 0 Å². The average Bonchev–Trinajstić information content (AvgIpc) is 3.14. The van der Waals surface area contributed by atoms with Crippen molar-refractivity contribution in [2.45, 2.75) is 90.3 Å². The molecule has 0 amide bonds. The van der Waals surface area contributed by atoms with Crippen LogP contribution in [0.4, 0.5) is 0 Å². The molecule has 0 aromatic heterocycles. The van der Waals surface area contributed by atoms with Gasteiger partial charge in [0, 0.05) is 39.7 Å². The van der Waals surface area contributed by atoms with Crippen LogP contribution in [0.15, 0.2) is 60.7 Å². The van der Waals surface area contributed by atoms with Crippen molar-refractivity contribution in [3.8, 4) is 28.7 Å². The SMILES string of the molecule is CC(C)(C)[Si](C)(C)Oc1ccc2c(c1)O[C@@H](c1ccc(OCCI)cc1)C1=C2CCOc2cc(O[Si](C)(C)C(C)(C)C)ccc21. The van der Waals surface area contributed by atoms with Gasteiger partial charge in [-0.3, -0.25) is 0 Å². The van der Waals surface area contributed by atoms with Gasteiger partial charge < -0.3 is 23.1 Å². The Morgan fingerprint density at radius 1 is 0.733 bits per heavy atom. The van der Waals surface area contributed by atoms with Crippen molar-refractivity contribution in [1.82, 2.24) is 0 Å². The van der Waals surface area contributed by atoms with Crippen molar-refractivity contribution < 1.29 is 23.1 Å². The molecule has 45 heavy (non-hydrogen) atoms. The quantitative estimate of drug-likeness (QED) is 0.130. The first-order valence-electron chi connectivity index (χ1n) is 16.0. The van der Waals surface area contributed by atoms with Crippen LogP contribution in [0, 0.1) is 0 Å². The lowest BCUT2D eigenvalue weighted by atomic mass is 9.84. The molecule has 242 valence electrons. The molecular weight excluding hydrogens is 707 g/mol. The van der Waals surface area contributed by atoms with E-state index in [4.69, 9.17) is 23.1 Å². The zero-order valence-corrected chi connectivity index (χ0v) is 32.8. The van der Waals surface area contributed by atoms with Crippen LogP contribution in [-0.2, 0) is 0 Å². The molecule has 0 fully saturated rings. The minimum Gasteiger partial charge on any atom is -0.543 e. The number of rotatable bonds is 8. The van der Waals surface area contributed by atoms with Gasteiger partial charge >= 0.3 is 0 Å². The van der Waals surface area contributed by atoms with E-state index < -0.39 is 16.6 Å². The first-order chi connectivity index (χ1) is 21.0. The molecule has 0 aliphatic carbocycles. The standard InChI is InChI=1S/C37H49IO5Si2/c1-36(2,3)44(7,8)42-27-16-18-31-32(23-27)40-21-19-30-29-17-15-28(43-45(9,10)37(4,5)6)24-33(29)41-35(34(30)31)25-11-13-26(14-12-25)39-22-20-38/h11-18,23-24,35H,19-22H2,1-10H3/t35-/m0/s1. The van der Waals surface area contributed by atoms with Gasteiger partial charge in [-0.25, -0.2) is 0 Å². The predicted molar refractivity (Wildman–Crippen MR) is 200 cm³/mol. The van der Waals surface area contributed by atoms with Crippen LogP contribution >= 0.6 is 22.6 Å². The molecule has 2 aliphatic heterocycles. The normalized spacial score (nSPS) is 16.8. The molecule has 1 atom stereocenters. The summed E-state index contributed by atoms with van der Waals surface area (Å²) < 4.78 is 33.7. The third-order valence-electron chi connectivity index (χ3n) is 9.85. The smallest absolute Gasteiger partial charge is 0.250 e. The lowest BCUT2D eigenvalue weighted by Gasteiger charge is -2.37. The van der Waals surface area contributed by atoms with Gasteiger partial charge in [-0.15, -0.1) is 0 Å². The van der Waals surface area contributed by atoms with Crippen LogP contribution in [0.25, 0.3) is 11.1 Å². The molecular formula is C37H49IO5Si2. The maximum absolute atomic E-state index is 6.97. The van der Waals surface area contributed by atoms with Crippen molar-refractivity contribution in [1.29, 1.82) is 0 Å². The second kappa shape index (κ2) is 12.6. The molecule has 0 saturated carbocycles. The van der Waals surface area contributed by atoms with Crippen LogP contribution in [0.1, 0.15) is 70.8 Å². The van der Waals surface area contributed by atoms with E-state index in [0.29, 0.717) is 13.2 Å². The van der Waals surface area contributed by atoms with Crippen LogP contribution in [0.3, 0.4) is 0 Å². The summed E-state index contributed by atoms with van der Waals surface area (Å²) in [5.74, 6) is 4.28. The number of fused-ring (bicyclic) bond motifs is 4. The van der Waals surface area contributed by atoms with Gasteiger partial charge in [-0.05, 0) is 83.8 Å². The number of halogens is 1. The highest BCUT2D eigenvalue weighted by Gasteiger charge is 2.41. The number of alkyl halides is 1. The fourth-order valence-corrected chi connectivity index (χ4v) is 7.44. The summed E-state index contributed by atoms with van der Waals surface area (Å²) >= 11 is 2.33. The Bertz CT molecular complexity index is 1570. The molecule has 3 aromatic carbocycles. The van der Waals surface area contributed by atoms with E-state index in [-0.39, 0.29) is 16.2 Å². The summed E-state index contributed by atoms with van der Waals surface area (Å²) in [6.07, 6.45) is 0.455. The molecule has 2 heterocycles. The molecule has 0 bridgehead atoms. The minimum atomic E-state index is -2.03. The van der Waals surface area contributed by atoms with Crippen molar-refractivity contribution in [2.75, 3.05) is 17.6 Å². The highest BCUT2D eigenvalue weighted by molar-refractivity contribution is 14.1. The van der Waals surface area contributed by atoms with Gasteiger partial charge in [-0.1, -0.05) is 76.3 Å². The molecule has 3 aromatic rings. The van der Waals surface area contributed by atoms with Crippen LogP contribution < -0.4 is 23.1 Å². The van der Waals surface area contributed by atoms with E-state index in [1.807, 2.05) is 12.1 Å². The molecule has 0 radical (unpaired) electrons. The largest absolute Gasteiger partial charge is 0.543 e. The Balaban J connectivity index is 1.61. The number of benzene rings is 3. The number of hydrogen-bond donors (Lipinski definition) is 0. The fourth-order valence-electron chi connectivity index (χ4n) is 5.17. The first kappa shape index (κ1) is 33.9. The second-order valence-corrected chi connectivity index (χ2v) is 25.7. The first-order valence-corrected chi connectivity index (χ1v) is 23.3. The molecule has 5 nitrogen and oxygen atoms in total. The Morgan fingerprint density at radius 2 is 1.27 bits per heavy atom. The maximum atomic E-state index is 6.97. The van der Waals surface area contributed by atoms with Gasteiger partial charge in [0.25, 0.3) is 0 Å². The monoisotopic (exact) mass is 756 g/mol. The van der Waals surface area contributed by atoms with Crippen LogP contribution in [0.2, 0.25) is 36.3 Å². The zero-order chi connectivity index (χ0) is 32.8. The average molecular weight is 757 g/mol. The summed E-state index contributed by atoms with van der Waals surface area (Å²) in [5.41, 5.74) is 5.62. The van der Waals surface area contributed by atoms with E-state index in [1.165, 1.54) is 5.57 Å². The molecule has 5 rings (SSSR count). The van der Waals surface area contributed by atoms with Crippen molar-refractivity contribution in [2.24, 2.45) is 0 Å². The summed E-state index contributed by atoms with van der Waals surface area (Å²) in [6.45, 7) is 24.0. The van der Waals surface area contributed by atoms with Crippen LogP contribution in [-0.4, -0.2) is 34.3 Å². The minimum absolute atomic E-state index is 0.0958. The third-order valence-corrected chi connectivity index (χ3v) is 19.0. The summed E-state index contributed by atoms with van der Waals surface area (Å²) in [5, 5.41) is 0.195. The van der Waals surface area contributed by atoms with E-state index in [2.05, 4.69) is 139 Å². The molecule has 2 aliphatic rings. The molecule has 0 unspecified atom stereocenters. The predicted octanol–water partition coefficient (Wildman–Crippen LogP) is 11.1. The van der Waals surface area contributed by atoms with Crippen molar-refractivity contribution >= 4 is 50.4 Å². The van der Waals surface area contributed by atoms with Crippen molar-refractivity contribution in [3.05, 3.63) is 77.4 Å². The van der Waals surface area contributed by atoms with Crippen molar-refractivity contribution in [3.63, 3.8) is 0 Å². The molecule has 0 N–H and O–H groups in total. The third kappa shape index (κ3) is 7.12. The van der Waals surface area contributed by atoms with Crippen LogP contribution in [0.5, 0.6) is 28.7 Å². The second-order valence-electron chi connectivity index (χ2n) is 15.1. The van der Waals surface area contributed by atoms with Gasteiger partial charge in [0.1, 0.15) is 34.9 Å². The Kier molecular flexibility index (Phi) is 9.52.